The van der Waals surface area contributed by atoms with E-state index in [0.717, 1.165) is 38.3 Å². The molecule has 0 saturated carbocycles. The molecule has 0 bridgehead atoms. The minimum atomic E-state index is -0.198. The van der Waals surface area contributed by atoms with Gasteiger partial charge in [-0.1, -0.05) is 13.8 Å². The van der Waals surface area contributed by atoms with Crippen LogP contribution in [0.25, 0.3) is 0 Å². The number of hydrogen-bond acceptors (Lipinski definition) is 3. The molecule has 0 aliphatic carbocycles. The van der Waals surface area contributed by atoms with Gasteiger partial charge in [-0.15, -0.1) is 0 Å². The Morgan fingerprint density at radius 2 is 1.95 bits per heavy atom. The van der Waals surface area contributed by atoms with E-state index in [-0.39, 0.29) is 5.95 Å². The molecular weight excluding hydrogens is 243 g/mol. The van der Waals surface area contributed by atoms with Crippen molar-refractivity contribution in [2.75, 3.05) is 26.2 Å². The van der Waals surface area contributed by atoms with Crippen molar-refractivity contribution in [2.45, 2.75) is 47.2 Å². The van der Waals surface area contributed by atoms with Crippen LogP contribution in [-0.2, 0) is 13.1 Å². The van der Waals surface area contributed by atoms with E-state index in [2.05, 4.69) is 29.2 Å². The second-order valence-corrected chi connectivity index (χ2v) is 4.73. The molecule has 0 aliphatic rings. The highest BCUT2D eigenvalue weighted by Gasteiger charge is 2.13. The zero-order chi connectivity index (χ0) is 14.3. The third kappa shape index (κ3) is 4.58. The van der Waals surface area contributed by atoms with E-state index >= 15 is 0 Å². The molecule has 1 heterocycles. The molecular formula is C14H27FN4. The molecule has 0 aromatic carbocycles. The summed E-state index contributed by atoms with van der Waals surface area (Å²) in [7, 11) is 0. The average Bonchev–Trinajstić information content (AvgIpc) is 2.69. The minimum absolute atomic E-state index is 0.198. The summed E-state index contributed by atoms with van der Waals surface area (Å²) in [5.41, 5.74) is 1.49. The predicted octanol–water partition coefficient (Wildman–Crippen LogP) is 2.17. The van der Waals surface area contributed by atoms with Crippen LogP contribution in [0.15, 0.2) is 0 Å². The summed E-state index contributed by atoms with van der Waals surface area (Å²) in [6, 6.07) is 0. The van der Waals surface area contributed by atoms with Crippen LogP contribution >= 0.6 is 0 Å². The van der Waals surface area contributed by atoms with Crippen molar-refractivity contribution in [2.24, 2.45) is 0 Å². The predicted molar refractivity (Wildman–Crippen MR) is 76.7 cm³/mol. The molecule has 1 aromatic rings. The Balaban J connectivity index is 2.32. The molecule has 0 amide bonds. The van der Waals surface area contributed by atoms with Crippen LogP contribution in [0.3, 0.4) is 0 Å². The zero-order valence-electron chi connectivity index (χ0n) is 12.7. The third-order valence-corrected chi connectivity index (χ3v) is 3.51. The Bertz CT molecular complexity index is 372. The van der Waals surface area contributed by atoms with Gasteiger partial charge in [0, 0.05) is 18.7 Å². The zero-order valence-corrected chi connectivity index (χ0v) is 12.7. The molecule has 110 valence electrons. The topological polar surface area (TPSA) is 33.1 Å². The molecule has 1 rings (SSSR count). The standard InChI is InChI=1S/C14H27FN4/c1-5-18(6-2)10-8-9-16-11-13-12(4)17-19(7-3)14(13)15/h16H,5-11H2,1-4H3. The number of rotatable bonds is 9. The van der Waals surface area contributed by atoms with Crippen molar-refractivity contribution in [3.63, 3.8) is 0 Å². The van der Waals surface area contributed by atoms with Gasteiger partial charge >= 0.3 is 0 Å². The summed E-state index contributed by atoms with van der Waals surface area (Å²) in [4.78, 5) is 2.39. The minimum Gasteiger partial charge on any atom is -0.312 e. The Labute approximate surface area is 116 Å². The Kier molecular flexibility index (Phi) is 7.02. The molecule has 1 N–H and O–H groups in total. The second kappa shape index (κ2) is 8.27. The first-order valence-electron chi connectivity index (χ1n) is 7.28. The van der Waals surface area contributed by atoms with Crippen LogP contribution in [0.2, 0.25) is 0 Å². The van der Waals surface area contributed by atoms with E-state index in [1.54, 1.807) is 0 Å². The van der Waals surface area contributed by atoms with E-state index in [9.17, 15) is 4.39 Å². The molecule has 0 fully saturated rings. The van der Waals surface area contributed by atoms with Crippen molar-refractivity contribution in [1.82, 2.24) is 20.0 Å². The van der Waals surface area contributed by atoms with Gasteiger partial charge in [0.25, 0.3) is 0 Å². The molecule has 0 atom stereocenters. The molecule has 0 aliphatic heterocycles. The molecule has 1 aromatic heterocycles. The van der Waals surface area contributed by atoms with Crippen LogP contribution in [0.1, 0.15) is 38.4 Å². The maximum atomic E-state index is 13.9. The number of aryl methyl sites for hydroxylation is 2. The van der Waals surface area contributed by atoms with Crippen molar-refractivity contribution in [1.29, 1.82) is 0 Å². The van der Waals surface area contributed by atoms with Crippen LogP contribution < -0.4 is 5.32 Å². The van der Waals surface area contributed by atoms with E-state index < -0.39 is 0 Å². The number of nitrogens with zero attached hydrogens (tertiary/aromatic N) is 3. The fourth-order valence-corrected chi connectivity index (χ4v) is 2.18. The molecule has 0 saturated heterocycles. The summed E-state index contributed by atoms with van der Waals surface area (Å²) in [6.07, 6.45) is 1.09. The average molecular weight is 270 g/mol. The van der Waals surface area contributed by atoms with E-state index in [1.807, 2.05) is 13.8 Å². The number of nitrogens with one attached hydrogen (secondary N) is 1. The van der Waals surface area contributed by atoms with Gasteiger partial charge in [0.1, 0.15) is 0 Å². The molecule has 0 unspecified atom stereocenters. The van der Waals surface area contributed by atoms with Crippen LogP contribution in [0.4, 0.5) is 4.39 Å². The van der Waals surface area contributed by atoms with E-state index in [1.165, 1.54) is 4.68 Å². The normalized spacial score (nSPS) is 11.5. The van der Waals surface area contributed by atoms with Gasteiger partial charge in [-0.25, -0.2) is 4.68 Å². The quantitative estimate of drug-likeness (QED) is 0.698. The maximum Gasteiger partial charge on any atom is 0.216 e. The molecule has 4 nitrogen and oxygen atoms in total. The lowest BCUT2D eigenvalue weighted by Crippen LogP contribution is -2.27. The second-order valence-electron chi connectivity index (χ2n) is 4.73. The van der Waals surface area contributed by atoms with Crippen molar-refractivity contribution < 1.29 is 4.39 Å². The fourth-order valence-electron chi connectivity index (χ4n) is 2.18. The lowest BCUT2D eigenvalue weighted by atomic mass is 10.2. The fraction of sp³-hybridized carbons (Fsp3) is 0.786. The van der Waals surface area contributed by atoms with Gasteiger partial charge in [-0.2, -0.15) is 9.49 Å². The third-order valence-electron chi connectivity index (χ3n) is 3.51. The number of hydrogen-bond donors (Lipinski definition) is 1. The number of aromatic nitrogens is 2. The number of halogens is 1. The van der Waals surface area contributed by atoms with Gasteiger partial charge in [0.2, 0.25) is 5.95 Å². The molecule has 0 spiro atoms. The van der Waals surface area contributed by atoms with Gasteiger partial charge in [0.15, 0.2) is 0 Å². The Morgan fingerprint density at radius 3 is 2.47 bits per heavy atom. The Morgan fingerprint density at radius 1 is 1.26 bits per heavy atom. The van der Waals surface area contributed by atoms with E-state index in [0.29, 0.717) is 18.7 Å². The first-order valence-corrected chi connectivity index (χ1v) is 7.28. The van der Waals surface area contributed by atoms with Crippen LogP contribution in [0.5, 0.6) is 0 Å². The highest BCUT2D eigenvalue weighted by atomic mass is 19.1. The summed E-state index contributed by atoms with van der Waals surface area (Å²) in [5.74, 6) is -0.198. The maximum absolute atomic E-state index is 13.9. The van der Waals surface area contributed by atoms with Gasteiger partial charge < -0.3 is 10.2 Å². The lowest BCUT2D eigenvalue weighted by molar-refractivity contribution is 0.298. The monoisotopic (exact) mass is 270 g/mol. The smallest absolute Gasteiger partial charge is 0.216 e. The largest absolute Gasteiger partial charge is 0.312 e. The van der Waals surface area contributed by atoms with Gasteiger partial charge in [-0.3, -0.25) is 0 Å². The van der Waals surface area contributed by atoms with Crippen LogP contribution in [-0.4, -0.2) is 40.9 Å². The highest BCUT2D eigenvalue weighted by Crippen LogP contribution is 2.11. The van der Waals surface area contributed by atoms with Crippen LogP contribution in [0, 0.1) is 12.9 Å². The molecule has 5 heteroatoms. The van der Waals surface area contributed by atoms with Gasteiger partial charge in [-0.05, 0) is 46.4 Å². The van der Waals surface area contributed by atoms with Crippen molar-refractivity contribution in [3.05, 3.63) is 17.2 Å². The lowest BCUT2D eigenvalue weighted by Gasteiger charge is -2.17. The molecule has 0 radical (unpaired) electrons. The van der Waals surface area contributed by atoms with Crippen molar-refractivity contribution >= 4 is 0 Å². The Hall–Kier alpha value is -0.940. The summed E-state index contributed by atoms with van der Waals surface area (Å²) in [5, 5.41) is 7.48. The van der Waals surface area contributed by atoms with Crippen molar-refractivity contribution in [3.8, 4) is 0 Å². The SMILES string of the molecule is CCN(CC)CCCNCc1c(C)nn(CC)c1F. The highest BCUT2D eigenvalue weighted by molar-refractivity contribution is 5.17. The van der Waals surface area contributed by atoms with E-state index in [4.69, 9.17) is 0 Å². The molecule has 19 heavy (non-hydrogen) atoms. The summed E-state index contributed by atoms with van der Waals surface area (Å²) in [6.45, 7) is 13.4. The first kappa shape index (κ1) is 16.1. The van der Waals surface area contributed by atoms with Gasteiger partial charge in [0.05, 0.1) is 5.69 Å². The summed E-state index contributed by atoms with van der Waals surface area (Å²) >= 11 is 0. The summed E-state index contributed by atoms with van der Waals surface area (Å²) < 4.78 is 15.3. The first-order chi connectivity index (χ1) is 9.13.